The molecule has 0 heterocycles. The van der Waals surface area contributed by atoms with Crippen LogP contribution in [0.25, 0.3) is 0 Å². The summed E-state index contributed by atoms with van der Waals surface area (Å²) in [5, 5.41) is 9.10. The van der Waals surface area contributed by atoms with E-state index in [1.165, 1.54) is 13.0 Å². The molecule has 1 aliphatic carbocycles. The first-order valence-corrected chi connectivity index (χ1v) is 9.49. The van der Waals surface area contributed by atoms with E-state index in [-0.39, 0.29) is 20.8 Å². The van der Waals surface area contributed by atoms with Crippen molar-refractivity contribution < 1.29 is 17.9 Å². The Morgan fingerprint density at radius 1 is 1.43 bits per heavy atom. The number of aliphatic hydroxyl groups is 1. The largest absolute Gasteiger partial charge is 0.392 e. The first-order chi connectivity index (χ1) is 9.83. The van der Waals surface area contributed by atoms with Crippen molar-refractivity contribution in [2.45, 2.75) is 42.4 Å². The van der Waals surface area contributed by atoms with Crippen LogP contribution in [0.3, 0.4) is 0 Å². The van der Waals surface area contributed by atoms with E-state index in [1.807, 2.05) is 6.26 Å². The maximum atomic E-state index is 13.8. The van der Waals surface area contributed by atoms with E-state index in [4.69, 9.17) is 5.11 Å². The Kier molecular flexibility index (Phi) is 4.97. The van der Waals surface area contributed by atoms with Crippen molar-refractivity contribution in [1.82, 2.24) is 4.72 Å². The molecule has 0 spiro atoms. The second kappa shape index (κ2) is 6.24. The van der Waals surface area contributed by atoms with E-state index >= 15 is 0 Å². The fraction of sp³-hybridized carbons (Fsp3) is 0.571. The standard InChI is InChI=1S/C14H20FNO3S2/c1-10-12(15)6-11(8-17)7-13(10)21(18,19)16-9-14(20-2)4-3-5-14/h6-7,16-17H,3-5,8-9H2,1-2H3. The Morgan fingerprint density at radius 3 is 2.57 bits per heavy atom. The summed E-state index contributed by atoms with van der Waals surface area (Å²) in [6.45, 7) is 1.38. The molecule has 0 amide bonds. The number of sulfonamides is 1. The first kappa shape index (κ1) is 16.7. The lowest BCUT2D eigenvalue weighted by Crippen LogP contribution is -2.45. The fourth-order valence-corrected chi connectivity index (χ4v) is 4.84. The fourth-order valence-electron chi connectivity index (χ4n) is 2.41. The van der Waals surface area contributed by atoms with Gasteiger partial charge in [-0.05, 0) is 43.7 Å². The number of benzene rings is 1. The predicted octanol–water partition coefficient (Wildman–Crippen LogP) is 2.19. The molecule has 0 radical (unpaired) electrons. The van der Waals surface area contributed by atoms with Gasteiger partial charge in [-0.25, -0.2) is 17.5 Å². The van der Waals surface area contributed by atoms with Gasteiger partial charge in [0.15, 0.2) is 0 Å². The molecular weight excluding hydrogens is 313 g/mol. The molecule has 0 saturated heterocycles. The van der Waals surface area contributed by atoms with E-state index < -0.39 is 22.4 Å². The van der Waals surface area contributed by atoms with Gasteiger partial charge < -0.3 is 5.11 Å². The van der Waals surface area contributed by atoms with E-state index in [1.54, 1.807) is 11.8 Å². The zero-order valence-corrected chi connectivity index (χ0v) is 13.8. The number of hydrogen-bond acceptors (Lipinski definition) is 4. The van der Waals surface area contributed by atoms with Crippen molar-refractivity contribution >= 4 is 21.8 Å². The van der Waals surface area contributed by atoms with Crippen LogP contribution in [-0.2, 0) is 16.6 Å². The van der Waals surface area contributed by atoms with Crippen LogP contribution in [0.15, 0.2) is 17.0 Å². The second-order valence-electron chi connectivity index (χ2n) is 5.42. The van der Waals surface area contributed by atoms with Crippen molar-refractivity contribution in [3.05, 3.63) is 29.1 Å². The van der Waals surface area contributed by atoms with Gasteiger partial charge in [-0.2, -0.15) is 11.8 Å². The third-order valence-electron chi connectivity index (χ3n) is 4.11. The van der Waals surface area contributed by atoms with Gasteiger partial charge in [0, 0.05) is 16.9 Å². The topological polar surface area (TPSA) is 66.4 Å². The van der Waals surface area contributed by atoms with E-state index in [2.05, 4.69) is 4.72 Å². The number of hydrogen-bond donors (Lipinski definition) is 2. The molecule has 0 unspecified atom stereocenters. The molecule has 118 valence electrons. The smallest absolute Gasteiger partial charge is 0.240 e. The highest BCUT2D eigenvalue weighted by atomic mass is 32.2. The quantitative estimate of drug-likeness (QED) is 0.837. The number of halogens is 1. The van der Waals surface area contributed by atoms with Crippen molar-refractivity contribution in [1.29, 1.82) is 0 Å². The van der Waals surface area contributed by atoms with E-state index in [0.29, 0.717) is 6.54 Å². The van der Waals surface area contributed by atoms with Crippen LogP contribution in [0.5, 0.6) is 0 Å². The Morgan fingerprint density at radius 2 is 2.10 bits per heavy atom. The molecule has 2 N–H and O–H groups in total. The summed E-state index contributed by atoms with van der Waals surface area (Å²) in [5.74, 6) is -0.620. The summed E-state index contributed by atoms with van der Waals surface area (Å²) in [6, 6.07) is 2.48. The lowest BCUT2D eigenvalue weighted by Gasteiger charge is -2.40. The molecule has 0 bridgehead atoms. The van der Waals surface area contributed by atoms with Gasteiger partial charge in [0.1, 0.15) is 5.82 Å². The van der Waals surface area contributed by atoms with Gasteiger partial charge in [0.25, 0.3) is 0 Å². The Bertz CT molecular complexity index is 622. The first-order valence-electron chi connectivity index (χ1n) is 6.78. The molecule has 1 aromatic rings. The van der Waals surface area contributed by atoms with Gasteiger partial charge in [0.05, 0.1) is 11.5 Å². The van der Waals surface area contributed by atoms with Crippen LogP contribution >= 0.6 is 11.8 Å². The van der Waals surface area contributed by atoms with Crippen LogP contribution < -0.4 is 4.72 Å². The van der Waals surface area contributed by atoms with Crippen molar-refractivity contribution in [3.63, 3.8) is 0 Å². The third-order valence-corrected chi connectivity index (χ3v) is 7.06. The number of aliphatic hydroxyl groups excluding tert-OH is 1. The summed E-state index contributed by atoms with van der Waals surface area (Å²) in [5.41, 5.74) is 0.327. The van der Waals surface area contributed by atoms with E-state index in [9.17, 15) is 12.8 Å². The highest BCUT2D eigenvalue weighted by Crippen LogP contribution is 2.42. The molecule has 0 atom stereocenters. The molecular formula is C14H20FNO3S2. The Balaban J connectivity index is 2.25. The minimum atomic E-state index is -3.78. The average molecular weight is 333 g/mol. The molecule has 21 heavy (non-hydrogen) atoms. The minimum Gasteiger partial charge on any atom is -0.392 e. The summed E-state index contributed by atoms with van der Waals surface area (Å²) in [7, 11) is -3.78. The molecule has 4 nitrogen and oxygen atoms in total. The maximum Gasteiger partial charge on any atom is 0.240 e. The number of thioether (sulfide) groups is 1. The molecule has 0 aromatic heterocycles. The van der Waals surface area contributed by atoms with Gasteiger partial charge in [-0.3, -0.25) is 0 Å². The molecule has 7 heteroatoms. The number of rotatable bonds is 6. The van der Waals surface area contributed by atoms with Gasteiger partial charge in [0.2, 0.25) is 10.0 Å². The predicted molar refractivity (Wildman–Crippen MR) is 82.3 cm³/mol. The Labute approximate surface area is 129 Å². The highest BCUT2D eigenvalue weighted by Gasteiger charge is 2.37. The monoisotopic (exact) mass is 333 g/mol. The lowest BCUT2D eigenvalue weighted by molar-refractivity contribution is 0.281. The van der Waals surface area contributed by atoms with Gasteiger partial charge in [-0.15, -0.1) is 0 Å². The highest BCUT2D eigenvalue weighted by molar-refractivity contribution is 8.00. The minimum absolute atomic E-state index is 0.0336. The lowest BCUT2D eigenvalue weighted by atomic mass is 9.84. The third kappa shape index (κ3) is 3.41. The van der Waals surface area contributed by atoms with Crippen molar-refractivity contribution in [2.24, 2.45) is 0 Å². The van der Waals surface area contributed by atoms with Crippen LogP contribution in [0, 0.1) is 12.7 Å². The molecule has 1 saturated carbocycles. The maximum absolute atomic E-state index is 13.8. The van der Waals surface area contributed by atoms with Gasteiger partial charge in [-0.1, -0.05) is 6.42 Å². The zero-order valence-electron chi connectivity index (χ0n) is 12.1. The molecule has 0 aliphatic heterocycles. The average Bonchev–Trinajstić information content (AvgIpc) is 2.40. The van der Waals surface area contributed by atoms with Crippen LogP contribution in [0.4, 0.5) is 4.39 Å². The zero-order chi connectivity index (χ0) is 15.7. The molecule has 1 fully saturated rings. The second-order valence-corrected chi connectivity index (χ2v) is 8.43. The molecule has 2 rings (SSSR count). The van der Waals surface area contributed by atoms with Crippen LogP contribution in [0.2, 0.25) is 0 Å². The summed E-state index contributed by atoms with van der Waals surface area (Å²) in [4.78, 5) is -0.0953. The van der Waals surface area contributed by atoms with Crippen molar-refractivity contribution in [3.8, 4) is 0 Å². The van der Waals surface area contributed by atoms with Crippen molar-refractivity contribution in [2.75, 3.05) is 12.8 Å². The summed E-state index contributed by atoms with van der Waals surface area (Å²) >= 11 is 1.67. The van der Waals surface area contributed by atoms with Gasteiger partial charge >= 0.3 is 0 Å². The van der Waals surface area contributed by atoms with E-state index in [0.717, 1.165) is 25.3 Å². The summed E-state index contributed by atoms with van der Waals surface area (Å²) < 4.78 is 41.1. The molecule has 1 aromatic carbocycles. The van der Waals surface area contributed by atoms with Crippen LogP contribution in [-0.4, -0.2) is 31.1 Å². The van der Waals surface area contributed by atoms with Crippen LogP contribution in [0.1, 0.15) is 30.4 Å². The summed E-state index contributed by atoms with van der Waals surface area (Å²) in [6.07, 6.45) is 5.06. The Hall–Kier alpha value is -0.630. The normalized spacial score (nSPS) is 17.5. The SMILES string of the molecule is CSC1(CNS(=O)(=O)c2cc(CO)cc(F)c2C)CCC1. The molecule has 1 aliphatic rings. The number of nitrogens with one attached hydrogen (secondary N) is 1.